The number of hydrogen-bond acceptors (Lipinski definition) is 5. The molecule has 0 aliphatic carbocycles. The minimum absolute atomic E-state index is 0. The van der Waals surface area contributed by atoms with Gasteiger partial charge in [-0.1, -0.05) is 4.49 Å². The Bertz CT molecular complexity index is 356. The number of anilines is 1. The Labute approximate surface area is 98.2 Å². The molecule has 1 aromatic heterocycles. The Kier molecular flexibility index (Phi) is 3.87. The zero-order chi connectivity index (χ0) is 10.1. The van der Waals surface area contributed by atoms with Gasteiger partial charge in [0.25, 0.3) is 5.91 Å². The van der Waals surface area contributed by atoms with Crippen molar-refractivity contribution < 1.29 is 4.79 Å². The Morgan fingerprint density at radius 3 is 2.87 bits per heavy atom. The second-order valence-electron chi connectivity index (χ2n) is 3.48. The quantitative estimate of drug-likeness (QED) is 0.810. The summed E-state index contributed by atoms with van der Waals surface area (Å²) in [5.41, 5.74) is 5.91. The minimum atomic E-state index is -0.0822. The van der Waals surface area contributed by atoms with Gasteiger partial charge in [-0.25, -0.2) is 0 Å². The summed E-state index contributed by atoms with van der Waals surface area (Å²) in [5, 5.41) is 4.16. The van der Waals surface area contributed by atoms with E-state index in [0.29, 0.717) is 16.7 Å². The van der Waals surface area contributed by atoms with Gasteiger partial charge in [-0.2, -0.15) is 0 Å². The Morgan fingerprint density at radius 2 is 2.40 bits per heavy atom. The van der Waals surface area contributed by atoms with Gasteiger partial charge in [0.2, 0.25) is 0 Å². The molecule has 1 saturated heterocycles. The van der Waals surface area contributed by atoms with Gasteiger partial charge in [0.1, 0.15) is 5.00 Å². The monoisotopic (exact) mass is 248 g/mol. The number of aromatic nitrogens is 2. The fourth-order valence-electron chi connectivity index (χ4n) is 1.72. The van der Waals surface area contributed by atoms with E-state index in [1.54, 1.807) is 0 Å². The molecule has 5 nitrogen and oxygen atoms in total. The predicted molar refractivity (Wildman–Crippen MR) is 61.3 cm³/mol. The molecule has 0 spiro atoms. The van der Waals surface area contributed by atoms with Crippen molar-refractivity contribution in [3.05, 3.63) is 5.69 Å². The summed E-state index contributed by atoms with van der Waals surface area (Å²) in [4.78, 5) is 13.7. The molecule has 0 bridgehead atoms. The number of nitrogens with two attached hydrogens (primary N) is 1. The fraction of sp³-hybridized carbons (Fsp3) is 0.625. The normalized spacial score (nSPS) is 20.1. The third-order valence-corrected chi connectivity index (χ3v) is 3.08. The topological polar surface area (TPSA) is 72.1 Å². The number of likely N-dealkylation sites (tertiary alicyclic amines) is 1. The van der Waals surface area contributed by atoms with Crippen LogP contribution in [0.3, 0.4) is 0 Å². The number of hydrogen-bond donors (Lipinski definition) is 1. The molecule has 1 amide bonds. The maximum Gasteiger partial charge on any atom is 0.277 e. The average Bonchev–Trinajstić information content (AvgIpc) is 2.73. The van der Waals surface area contributed by atoms with Crippen LogP contribution in [0.15, 0.2) is 0 Å². The van der Waals surface area contributed by atoms with Crippen molar-refractivity contribution in [1.29, 1.82) is 0 Å². The summed E-state index contributed by atoms with van der Waals surface area (Å²) in [6, 6.07) is 0.295. The molecule has 84 valence electrons. The van der Waals surface area contributed by atoms with Gasteiger partial charge in [0.15, 0.2) is 5.69 Å². The summed E-state index contributed by atoms with van der Waals surface area (Å²) in [5.74, 6) is -0.0822. The zero-order valence-corrected chi connectivity index (χ0v) is 9.98. The number of nitrogen functional groups attached to an aromatic ring is 1. The van der Waals surface area contributed by atoms with Crippen LogP contribution in [0.25, 0.3) is 0 Å². The summed E-state index contributed by atoms with van der Waals surface area (Å²) >= 11 is 1.06. The van der Waals surface area contributed by atoms with Crippen LogP contribution in [0.4, 0.5) is 5.00 Å². The van der Waals surface area contributed by atoms with Gasteiger partial charge < -0.3 is 10.6 Å². The molecule has 1 atom stereocenters. The van der Waals surface area contributed by atoms with Crippen molar-refractivity contribution in [1.82, 2.24) is 14.5 Å². The SMILES string of the molecule is CC1CCCN1C(=O)c1nnsc1N.Cl. The van der Waals surface area contributed by atoms with Crippen molar-refractivity contribution in [2.45, 2.75) is 25.8 Å². The smallest absolute Gasteiger partial charge is 0.277 e. The first kappa shape index (κ1) is 12.2. The molecule has 1 aliphatic rings. The third kappa shape index (κ3) is 2.21. The number of carbonyl (C=O) groups is 1. The standard InChI is InChI=1S/C8H12N4OS.ClH/c1-5-3-2-4-12(5)8(13)6-7(9)14-11-10-6;/h5H,2-4,9H2,1H3;1H. The summed E-state index contributed by atoms with van der Waals surface area (Å²) < 4.78 is 3.66. The lowest BCUT2D eigenvalue weighted by molar-refractivity contribution is 0.0742. The lowest BCUT2D eigenvalue weighted by atomic mass is 10.2. The summed E-state index contributed by atoms with van der Waals surface area (Å²) in [6.45, 7) is 2.85. The fourth-order valence-corrected chi connectivity index (χ4v) is 2.14. The van der Waals surface area contributed by atoms with Gasteiger partial charge in [0, 0.05) is 24.1 Å². The number of amides is 1. The number of rotatable bonds is 1. The molecule has 1 fully saturated rings. The highest BCUT2D eigenvalue weighted by molar-refractivity contribution is 7.10. The first-order valence-corrected chi connectivity index (χ1v) is 5.36. The maximum atomic E-state index is 11.9. The van der Waals surface area contributed by atoms with Gasteiger partial charge in [-0.15, -0.1) is 17.5 Å². The van der Waals surface area contributed by atoms with E-state index in [4.69, 9.17) is 5.73 Å². The Hall–Kier alpha value is -0.880. The minimum Gasteiger partial charge on any atom is -0.387 e. The van der Waals surface area contributed by atoms with Crippen LogP contribution in [0.2, 0.25) is 0 Å². The van der Waals surface area contributed by atoms with Crippen molar-refractivity contribution >= 4 is 34.8 Å². The van der Waals surface area contributed by atoms with Crippen molar-refractivity contribution in [3.8, 4) is 0 Å². The van der Waals surface area contributed by atoms with Crippen molar-refractivity contribution in [2.75, 3.05) is 12.3 Å². The van der Waals surface area contributed by atoms with Gasteiger partial charge in [0.05, 0.1) is 0 Å². The van der Waals surface area contributed by atoms with E-state index in [2.05, 4.69) is 9.59 Å². The lowest BCUT2D eigenvalue weighted by Gasteiger charge is -2.19. The molecule has 1 aromatic rings. The van der Waals surface area contributed by atoms with E-state index in [0.717, 1.165) is 30.9 Å². The maximum absolute atomic E-state index is 11.9. The van der Waals surface area contributed by atoms with Crippen LogP contribution < -0.4 is 5.73 Å². The highest BCUT2D eigenvalue weighted by Crippen LogP contribution is 2.22. The molecule has 0 radical (unpaired) electrons. The van der Waals surface area contributed by atoms with Gasteiger partial charge in [-0.3, -0.25) is 4.79 Å². The first-order valence-electron chi connectivity index (χ1n) is 4.59. The number of carbonyl (C=O) groups excluding carboxylic acids is 1. The van der Waals surface area contributed by atoms with E-state index in [1.165, 1.54) is 0 Å². The molecule has 2 N–H and O–H groups in total. The van der Waals surface area contributed by atoms with Crippen LogP contribution >= 0.6 is 23.9 Å². The summed E-state index contributed by atoms with van der Waals surface area (Å²) in [7, 11) is 0. The van der Waals surface area contributed by atoms with Gasteiger partial charge >= 0.3 is 0 Å². The molecule has 0 aromatic carbocycles. The van der Waals surface area contributed by atoms with Crippen molar-refractivity contribution in [2.24, 2.45) is 0 Å². The van der Waals surface area contributed by atoms with E-state index in [-0.39, 0.29) is 18.3 Å². The molecular weight excluding hydrogens is 236 g/mol. The first-order chi connectivity index (χ1) is 6.70. The Balaban J connectivity index is 0.00000112. The second-order valence-corrected chi connectivity index (χ2v) is 4.26. The van der Waals surface area contributed by atoms with Crippen LogP contribution in [0, 0.1) is 0 Å². The van der Waals surface area contributed by atoms with E-state index >= 15 is 0 Å². The second kappa shape index (κ2) is 4.76. The van der Waals surface area contributed by atoms with Crippen molar-refractivity contribution in [3.63, 3.8) is 0 Å². The molecule has 15 heavy (non-hydrogen) atoms. The van der Waals surface area contributed by atoms with Gasteiger partial charge in [-0.05, 0) is 19.8 Å². The number of nitrogens with zero attached hydrogens (tertiary/aromatic N) is 3. The molecular formula is C8H13ClN4OS. The lowest BCUT2D eigenvalue weighted by Crippen LogP contribution is -2.34. The highest BCUT2D eigenvalue weighted by atomic mass is 35.5. The molecule has 2 rings (SSSR count). The molecule has 0 saturated carbocycles. The third-order valence-electron chi connectivity index (χ3n) is 2.53. The van der Waals surface area contributed by atoms with Crippen LogP contribution in [-0.2, 0) is 0 Å². The largest absolute Gasteiger partial charge is 0.387 e. The molecule has 1 unspecified atom stereocenters. The average molecular weight is 249 g/mol. The van der Waals surface area contributed by atoms with Crippen LogP contribution in [0.1, 0.15) is 30.3 Å². The van der Waals surface area contributed by atoms with E-state index in [9.17, 15) is 4.79 Å². The number of halogens is 1. The van der Waals surface area contributed by atoms with E-state index in [1.807, 2.05) is 11.8 Å². The Morgan fingerprint density at radius 1 is 1.67 bits per heavy atom. The molecule has 2 heterocycles. The predicted octanol–water partition coefficient (Wildman–Crippen LogP) is 1.17. The molecule has 7 heteroatoms. The van der Waals surface area contributed by atoms with Crippen LogP contribution in [0.5, 0.6) is 0 Å². The van der Waals surface area contributed by atoms with Crippen LogP contribution in [-0.4, -0.2) is 33.0 Å². The highest BCUT2D eigenvalue weighted by Gasteiger charge is 2.28. The zero-order valence-electron chi connectivity index (χ0n) is 8.34. The van der Waals surface area contributed by atoms with E-state index < -0.39 is 0 Å². The summed E-state index contributed by atoms with van der Waals surface area (Å²) in [6.07, 6.45) is 2.12. The molecule has 1 aliphatic heterocycles.